The zero-order valence-electron chi connectivity index (χ0n) is 11.1. The van der Waals surface area contributed by atoms with Gasteiger partial charge in [-0.2, -0.15) is 0 Å². The monoisotopic (exact) mass is 269 g/mol. The number of benzene rings is 2. The molecule has 0 fully saturated rings. The molecule has 0 spiro atoms. The number of amides is 1. The summed E-state index contributed by atoms with van der Waals surface area (Å²) in [5.41, 5.74) is 1.03. The smallest absolute Gasteiger partial charge is 0.326 e. The van der Waals surface area contributed by atoms with Gasteiger partial charge >= 0.3 is 5.97 Å². The highest BCUT2D eigenvalue weighted by atomic mass is 16.4. The first-order valence-electron chi connectivity index (χ1n) is 6.27. The maximum Gasteiger partial charge on any atom is 0.326 e. The summed E-state index contributed by atoms with van der Waals surface area (Å²) in [7, 11) is 0. The van der Waals surface area contributed by atoms with E-state index in [1.165, 1.54) is 11.8 Å². The Bertz CT molecular complexity index is 596. The van der Waals surface area contributed by atoms with Gasteiger partial charge in [-0.25, -0.2) is 4.79 Å². The summed E-state index contributed by atoms with van der Waals surface area (Å²) in [5.74, 6) is -1.37. The van der Waals surface area contributed by atoms with Crippen molar-refractivity contribution in [3.05, 3.63) is 66.2 Å². The van der Waals surface area contributed by atoms with Gasteiger partial charge in [-0.05, 0) is 31.2 Å². The van der Waals surface area contributed by atoms with Gasteiger partial charge in [-0.15, -0.1) is 0 Å². The molecule has 0 heterocycles. The summed E-state index contributed by atoms with van der Waals surface area (Å²) in [6.07, 6.45) is 0. The lowest BCUT2D eigenvalue weighted by Crippen LogP contribution is -2.43. The number of hydrogen-bond donors (Lipinski definition) is 1. The third-order valence-corrected chi connectivity index (χ3v) is 3.02. The molecule has 0 unspecified atom stereocenters. The predicted molar refractivity (Wildman–Crippen MR) is 76.8 cm³/mol. The second-order valence-corrected chi connectivity index (χ2v) is 4.39. The number of para-hydroxylation sites is 1. The van der Waals surface area contributed by atoms with Gasteiger partial charge in [0.25, 0.3) is 5.91 Å². The summed E-state index contributed by atoms with van der Waals surface area (Å²) in [6, 6.07) is 16.5. The Balaban J connectivity index is 2.42. The van der Waals surface area contributed by atoms with Crippen LogP contribution in [0, 0.1) is 0 Å². The number of nitrogens with zero attached hydrogens (tertiary/aromatic N) is 1. The van der Waals surface area contributed by atoms with Crippen LogP contribution in [0.15, 0.2) is 60.7 Å². The summed E-state index contributed by atoms with van der Waals surface area (Å²) >= 11 is 0. The van der Waals surface area contributed by atoms with Crippen molar-refractivity contribution in [2.45, 2.75) is 13.0 Å². The Morgan fingerprint density at radius 2 is 1.45 bits per heavy atom. The van der Waals surface area contributed by atoms with Gasteiger partial charge in [0.15, 0.2) is 0 Å². The lowest BCUT2D eigenvalue weighted by molar-refractivity contribution is -0.138. The van der Waals surface area contributed by atoms with Gasteiger partial charge in [0, 0.05) is 11.3 Å². The van der Waals surface area contributed by atoms with E-state index in [0.717, 1.165) is 0 Å². The fraction of sp³-hybridized carbons (Fsp3) is 0.125. The normalized spacial score (nSPS) is 11.7. The van der Waals surface area contributed by atoms with Crippen molar-refractivity contribution in [1.29, 1.82) is 0 Å². The zero-order valence-corrected chi connectivity index (χ0v) is 11.1. The average molecular weight is 269 g/mol. The van der Waals surface area contributed by atoms with Crippen LogP contribution in [0.2, 0.25) is 0 Å². The first-order chi connectivity index (χ1) is 9.61. The van der Waals surface area contributed by atoms with Crippen molar-refractivity contribution >= 4 is 17.6 Å². The Hall–Kier alpha value is -2.62. The van der Waals surface area contributed by atoms with Gasteiger partial charge in [-0.1, -0.05) is 36.4 Å². The second kappa shape index (κ2) is 6.02. The molecular formula is C16H15NO3. The molecule has 0 saturated heterocycles. The highest BCUT2D eigenvalue weighted by molar-refractivity contribution is 6.09. The molecule has 1 N–H and O–H groups in total. The van der Waals surface area contributed by atoms with E-state index in [-0.39, 0.29) is 5.91 Å². The van der Waals surface area contributed by atoms with Crippen LogP contribution in [0.5, 0.6) is 0 Å². The highest BCUT2D eigenvalue weighted by Crippen LogP contribution is 2.20. The molecule has 0 aliphatic rings. The molecule has 20 heavy (non-hydrogen) atoms. The minimum absolute atomic E-state index is 0.327. The van der Waals surface area contributed by atoms with Gasteiger partial charge < -0.3 is 5.11 Å². The summed E-state index contributed by atoms with van der Waals surface area (Å²) < 4.78 is 0. The van der Waals surface area contributed by atoms with Crippen LogP contribution in [0.25, 0.3) is 0 Å². The van der Waals surface area contributed by atoms with Gasteiger partial charge in [0.05, 0.1) is 0 Å². The fourth-order valence-electron chi connectivity index (χ4n) is 1.94. The molecular weight excluding hydrogens is 254 g/mol. The summed E-state index contributed by atoms with van der Waals surface area (Å²) in [6.45, 7) is 1.50. The van der Waals surface area contributed by atoms with Crippen LogP contribution in [-0.2, 0) is 4.79 Å². The molecule has 0 aromatic heterocycles. The minimum Gasteiger partial charge on any atom is -0.480 e. The molecule has 2 aromatic carbocycles. The number of carbonyl (C=O) groups excluding carboxylic acids is 1. The van der Waals surface area contributed by atoms with Crippen LogP contribution in [-0.4, -0.2) is 23.0 Å². The van der Waals surface area contributed by atoms with Crippen LogP contribution in [0.3, 0.4) is 0 Å². The molecule has 2 rings (SSSR count). The first kappa shape index (κ1) is 13.8. The van der Waals surface area contributed by atoms with E-state index in [9.17, 15) is 14.7 Å². The quantitative estimate of drug-likeness (QED) is 0.928. The average Bonchev–Trinajstić information content (AvgIpc) is 2.49. The fourth-order valence-corrected chi connectivity index (χ4v) is 1.94. The van der Waals surface area contributed by atoms with Crippen molar-refractivity contribution in [3.8, 4) is 0 Å². The number of aliphatic carboxylic acids is 1. The lowest BCUT2D eigenvalue weighted by Gasteiger charge is -2.26. The molecule has 0 radical (unpaired) electrons. The molecule has 2 aromatic rings. The van der Waals surface area contributed by atoms with Crippen molar-refractivity contribution in [1.82, 2.24) is 0 Å². The number of anilines is 1. The van der Waals surface area contributed by atoms with E-state index in [1.807, 2.05) is 12.1 Å². The molecule has 0 aliphatic heterocycles. The molecule has 0 bridgehead atoms. The third-order valence-electron chi connectivity index (χ3n) is 3.02. The van der Waals surface area contributed by atoms with Crippen molar-refractivity contribution < 1.29 is 14.7 Å². The molecule has 0 saturated carbocycles. The van der Waals surface area contributed by atoms with E-state index in [2.05, 4.69) is 0 Å². The molecule has 4 nitrogen and oxygen atoms in total. The topological polar surface area (TPSA) is 57.6 Å². The zero-order chi connectivity index (χ0) is 14.5. The Kier molecular flexibility index (Phi) is 4.15. The molecule has 0 aliphatic carbocycles. The maximum absolute atomic E-state index is 12.6. The summed E-state index contributed by atoms with van der Waals surface area (Å²) in [5, 5.41) is 9.22. The van der Waals surface area contributed by atoms with Gasteiger partial charge in [-0.3, -0.25) is 9.69 Å². The maximum atomic E-state index is 12.6. The van der Waals surface area contributed by atoms with Crippen molar-refractivity contribution in [2.24, 2.45) is 0 Å². The van der Waals surface area contributed by atoms with Crippen LogP contribution >= 0.6 is 0 Å². The highest BCUT2D eigenvalue weighted by Gasteiger charge is 2.27. The Labute approximate surface area is 117 Å². The van der Waals surface area contributed by atoms with Gasteiger partial charge in [0.1, 0.15) is 6.04 Å². The van der Waals surface area contributed by atoms with Crippen molar-refractivity contribution in [3.63, 3.8) is 0 Å². The Morgan fingerprint density at radius 3 is 1.95 bits per heavy atom. The molecule has 4 heteroatoms. The lowest BCUT2D eigenvalue weighted by atomic mass is 10.1. The number of carboxylic acid groups (broad SMARTS) is 1. The van der Waals surface area contributed by atoms with Crippen LogP contribution < -0.4 is 4.90 Å². The standard InChI is InChI=1S/C16H15NO3/c1-12(16(19)20)17(14-10-6-3-7-11-14)15(18)13-8-4-2-5-9-13/h2-12H,1H3,(H,19,20)/t12-/m0/s1. The van der Waals surface area contributed by atoms with Gasteiger partial charge in [0.2, 0.25) is 0 Å². The van der Waals surface area contributed by atoms with E-state index >= 15 is 0 Å². The molecule has 1 atom stereocenters. The first-order valence-corrected chi connectivity index (χ1v) is 6.27. The number of carboxylic acids is 1. The van der Waals surface area contributed by atoms with E-state index in [4.69, 9.17) is 0 Å². The Morgan fingerprint density at radius 1 is 0.950 bits per heavy atom. The van der Waals surface area contributed by atoms with E-state index < -0.39 is 12.0 Å². The van der Waals surface area contributed by atoms with Crippen LogP contribution in [0.1, 0.15) is 17.3 Å². The van der Waals surface area contributed by atoms with E-state index in [0.29, 0.717) is 11.3 Å². The van der Waals surface area contributed by atoms with Crippen molar-refractivity contribution in [2.75, 3.05) is 4.90 Å². The third kappa shape index (κ3) is 2.85. The number of rotatable bonds is 4. The SMILES string of the molecule is C[C@@H](C(=O)O)N(C(=O)c1ccccc1)c1ccccc1. The largest absolute Gasteiger partial charge is 0.480 e. The molecule has 1 amide bonds. The number of carbonyl (C=O) groups is 2. The van der Waals surface area contributed by atoms with Crippen LogP contribution in [0.4, 0.5) is 5.69 Å². The predicted octanol–water partition coefficient (Wildman–Crippen LogP) is 2.81. The van der Waals surface area contributed by atoms with E-state index in [1.54, 1.807) is 48.5 Å². The minimum atomic E-state index is -1.04. The second-order valence-electron chi connectivity index (χ2n) is 4.39. The summed E-state index contributed by atoms with van der Waals surface area (Å²) in [4.78, 5) is 25.1. The molecule has 102 valence electrons. The number of hydrogen-bond acceptors (Lipinski definition) is 2.